The van der Waals surface area contributed by atoms with E-state index < -0.39 is 0 Å². The lowest BCUT2D eigenvalue weighted by Gasteiger charge is -2.27. The van der Waals surface area contributed by atoms with Gasteiger partial charge in [-0.2, -0.15) is 0 Å². The Bertz CT molecular complexity index is 324. The Morgan fingerprint density at radius 1 is 1.20 bits per heavy atom. The first-order valence-electron chi connectivity index (χ1n) is 5.65. The highest BCUT2D eigenvalue weighted by Gasteiger charge is 2.23. The summed E-state index contributed by atoms with van der Waals surface area (Å²) in [6.07, 6.45) is 5.48. The van der Waals surface area contributed by atoms with Crippen LogP contribution in [-0.2, 0) is 6.42 Å². The van der Waals surface area contributed by atoms with E-state index >= 15 is 0 Å². The lowest BCUT2D eigenvalue weighted by molar-refractivity contribution is 0.360. The quantitative estimate of drug-likeness (QED) is 0.664. The molecule has 1 aromatic carbocycles. The first-order valence-corrected chi connectivity index (χ1v) is 6.08. The summed E-state index contributed by atoms with van der Waals surface area (Å²) in [5, 5.41) is 0.235. The molecule has 1 aliphatic carbocycles. The second-order valence-corrected chi connectivity index (χ2v) is 4.92. The number of benzene rings is 1. The summed E-state index contributed by atoms with van der Waals surface area (Å²) < 4.78 is 13.4. The van der Waals surface area contributed by atoms with E-state index in [4.69, 9.17) is 11.6 Å². The highest BCUT2D eigenvalue weighted by Crippen LogP contribution is 2.31. The summed E-state index contributed by atoms with van der Waals surface area (Å²) in [6, 6.07) is 7.03. The van der Waals surface area contributed by atoms with E-state index in [-0.39, 0.29) is 11.2 Å². The van der Waals surface area contributed by atoms with E-state index in [0.29, 0.717) is 5.92 Å². The molecule has 0 saturated heterocycles. The normalized spacial score (nSPS) is 26.5. The molecule has 2 atom stereocenters. The molecule has 0 radical (unpaired) electrons. The standard InChI is InChI=1S/C13H16ClF/c14-12-7-3-1-5-10(12)9-11-6-2-4-8-13(11)15/h2,4,6,8,10,12H,1,3,5,7,9H2. The predicted octanol–water partition coefficient (Wildman–Crippen LogP) is 4.17. The van der Waals surface area contributed by atoms with Gasteiger partial charge in [0, 0.05) is 5.38 Å². The second-order valence-electron chi connectivity index (χ2n) is 4.36. The van der Waals surface area contributed by atoms with Crippen molar-refractivity contribution in [1.82, 2.24) is 0 Å². The zero-order valence-corrected chi connectivity index (χ0v) is 9.51. The SMILES string of the molecule is Fc1ccccc1CC1CCCCC1Cl. The van der Waals surface area contributed by atoms with E-state index in [9.17, 15) is 4.39 Å². The average molecular weight is 227 g/mol. The maximum absolute atomic E-state index is 13.4. The third kappa shape index (κ3) is 2.72. The minimum atomic E-state index is -0.0908. The molecule has 0 bridgehead atoms. The first-order chi connectivity index (χ1) is 7.27. The molecular weight excluding hydrogens is 211 g/mol. The van der Waals surface area contributed by atoms with Crippen LogP contribution in [0.15, 0.2) is 24.3 Å². The minimum Gasteiger partial charge on any atom is -0.207 e. The van der Waals surface area contributed by atoms with E-state index in [1.54, 1.807) is 6.07 Å². The molecule has 1 fully saturated rings. The Kier molecular flexibility index (Phi) is 3.63. The van der Waals surface area contributed by atoms with Crippen molar-refractivity contribution in [2.24, 2.45) is 5.92 Å². The Hall–Kier alpha value is -0.560. The van der Waals surface area contributed by atoms with Gasteiger partial charge in [-0.3, -0.25) is 0 Å². The van der Waals surface area contributed by atoms with Crippen molar-refractivity contribution >= 4 is 11.6 Å². The molecule has 1 aliphatic rings. The number of hydrogen-bond donors (Lipinski definition) is 0. The second kappa shape index (κ2) is 4.98. The van der Waals surface area contributed by atoms with Gasteiger partial charge in [0.05, 0.1) is 0 Å². The van der Waals surface area contributed by atoms with Crippen LogP contribution in [0.2, 0.25) is 0 Å². The zero-order valence-electron chi connectivity index (χ0n) is 8.76. The van der Waals surface area contributed by atoms with Crippen molar-refractivity contribution in [3.8, 4) is 0 Å². The molecule has 82 valence electrons. The number of rotatable bonds is 2. The average Bonchev–Trinajstić information content (AvgIpc) is 2.24. The molecule has 0 spiro atoms. The van der Waals surface area contributed by atoms with Gasteiger partial charge in [0.15, 0.2) is 0 Å². The fourth-order valence-corrected chi connectivity index (χ4v) is 2.71. The van der Waals surface area contributed by atoms with Gasteiger partial charge in [-0.25, -0.2) is 4.39 Å². The van der Waals surface area contributed by atoms with Crippen molar-refractivity contribution in [2.75, 3.05) is 0 Å². The van der Waals surface area contributed by atoms with Crippen LogP contribution >= 0.6 is 11.6 Å². The minimum absolute atomic E-state index is 0.0908. The van der Waals surface area contributed by atoms with Gasteiger partial charge in [-0.05, 0) is 36.8 Å². The summed E-state index contributed by atoms with van der Waals surface area (Å²) >= 11 is 6.26. The van der Waals surface area contributed by atoms with Crippen LogP contribution in [0.1, 0.15) is 31.2 Å². The van der Waals surface area contributed by atoms with Gasteiger partial charge < -0.3 is 0 Å². The Labute approximate surface area is 95.4 Å². The molecule has 0 aromatic heterocycles. The van der Waals surface area contributed by atoms with Crippen molar-refractivity contribution in [1.29, 1.82) is 0 Å². The van der Waals surface area contributed by atoms with Crippen LogP contribution < -0.4 is 0 Å². The lowest BCUT2D eigenvalue weighted by Crippen LogP contribution is -2.22. The van der Waals surface area contributed by atoms with Gasteiger partial charge >= 0.3 is 0 Å². The fourth-order valence-electron chi connectivity index (χ4n) is 2.34. The summed E-state index contributed by atoms with van der Waals surface area (Å²) in [5.74, 6) is 0.365. The Morgan fingerprint density at radius 3 is 2.67 bits per heavy atom. The molecule has 0 aliphatic heterocycles. The van der Waals surface area contributed by atoms with Gasteiger partial charge in [0.2, 0.25) is 0 Å². The van der Waals surface area contributed by atoms with E-state index in [0.717, 1.165) is 24.8 Å². The predicted molar refractivity (Wildman–Crippen MR) is 61.7 cm³/mol. The van der Waals surface area contributed by atoms with Crippen molar-refractivity contribution in [3.63, 3.8) is 0 Å². The maximum atomic E-state index is 13.4. The van der Waals surface area contributed by atoms with E-state index in [2.05, 4.69) is 0 Å². The van der Waals surface area contributed by atoms with Gasteiger partial charge in [-0.15, -0.1) is 11.6 Å². The van der Waals surface area contributed by atoms with Crippen LogP contribution in [0.4, 0.5) is 4.39 Å². The Balaban J connectivity index is 2.04. The first kappa shape index (κ1) is 10.9. The molecule has 0 nitrogen and oxygen atoms in total. The zero-order chi connectivity index (χ0) is 10.7. The number of hydrogen-bond acceptors (Lipinski definition) is 0. The van der Waals surface area contributed by atoms with E-state index in [1.807, 2.05) is 12.1 Å². The van der Waals surface area contributed by atoms with Gasteiger partial charge in [-0.1, -0.05) is 31.0 Å². The molecule has 0 amide bonds. The molecule has 0 N–H and O–H groups in total. The largest absolute Gasteiger partial charge is 0.207 e. The molecule has 2 heteroatoms. The molecule has 2 rings (SSSR count). The Morgan fingerprint density at radius 2 is 1.93 bits per heavy atom. The third-order valence-corrected chi connectivity index (χ3v) is 3.83. The van der Waals surface area contributed by atoms with Crippen LogP contribution in [0.5, 0.6) is 0 Å². The van der Waals surface area contributed by atoms with Crippen LogP contribution in [0, 0.1) is 11.7 Å². The topological polar surface area (TPSA) is 0 Å². The monoisotopic (exact) mass is 226 g/mol. The molecule has 0 heterocycles. The highest BCUT2D eigenvalue weighted by atomic mass is 35.5. The van der Waals surface area contributed by atoms with Crippen molar-refractivity contribution < 1.29 is 4.39 Å². The molecule has 1 aromatic rings. The van der Waals surface area contributed by atoms with Crippen LogP contribution in [0.3, 0.4) is 0 Å². The van der Waals surface area contributed by atoms with E-state index in [1.165, 1.54) is 18.9 Å². The highest BCUT2D eigenvalue weighted by molar-refractivity contribution is 6.20. The van der Waals surface area contributed by atoms with Crippen LogP contribution in [-0.4, -0.2) is 5.38 Å². The van der Waals surface area contributed by atoms with Gasteiger partial charge in [0.1, 0.15) is 5.82 Å². The third-order valence-electron chi connectivity index (χ3n) is 3.26. The summed E-state index contributed by atoms with van der Waals surface area (Å²) in [4.78, 5) is 0. The fraction of sp³-hybridized carbons (Fsp3) is 0.538. The summed E-state index contributed by atoms with van der Waals surface area (Å²) in [6.45, 7) is 0. The molecule has 1 saturated carbocycles. The molecule has 2 unspecified atom stereocenters. The number of alkyl halides is 1. The molecular formula is C13H16ClF. The summed E-state index contributed by atoms with van der Waals surface area (Å²) in [5.41, 5.74) is 0.815. The number of halogens is 2. The van der Waals surface area contributed by atoms with Crippen molar-refractivity contribution in [2.45, 2.75) is 37.5 Å². The van der Waals surface area contributed by atoms with Gasteiger partial charge in [0.25, 0.3) is 0 Å². The smallest absolute Gasteiger partial charge is 0.126 e. The van der Waals surface area contributed by atoms with Crippen LogP contribution in [0.25, 0.3) is 0 Å². The molecule has 15 heavy (non-hydrogen) atoms. The summed E-state index contributed by atoms with van der Waals surface area (Å²) in [7, 11) is 0. The lowest BCUT2D eigenvalue weighted by atomic mass is 9.84. The van der Waals surface area contributed by atoms with Crippen molar-refractivity contribution in [3.05, 3.63) is 35.6 Å². The maximum Gasteiger partial charge on any atom is 0.126 e.